The summed E-state index contributed by atoms with van der Waals surface area (Å²) in [4.78, 5) is 23.1. The van der Waals surface area contributed by atoms with Gasteiger partial charge in [-0.1, -0.05) is 18.0 Å². The van der Waals surface area contributed by atoms with E-state index in [-0.39, 0.29) is 17.9 Å². The second kappa shape index (κ2) is 6.13. The van der Waals surface area contributed by atoms with E-state index in [1.165, 1.54) is 6.07 Å². The quantitative estimate of drug-likeness (QED) is 0.746. The molecule has 2 atom stereocenters. The van der Waals surface area contributed by atoms with Crippen molar-refractivity contribution >= 4 is 29.2 Å². The van der Waals surface area contributed by atoms with Gasteiger partial charge in [0.15, 0.2) is 0 Å². The minimum absolute atomic E-state index is 0.103. The lowest BCUT2D eigenvalue weighted by atomic mass is 9.85. The highest BCUT2D eigenvalue weighted by atomic mass is 35.5. The van der Waals surface area contributed by atoms with Crippen LogP contribution in [-0.4, -0.2) is 23.0 Å². The Hall–Kier alpha value is -1.75. The molecule has 0 aliphatic heterocycles. The average Bonchev–Trinajstić information content (AvgIpc) is 2.42. The zero-order chi connectivity index (χ0) is 14.7. The van der Waals surface area contributed by atoms with Crippen LogP contribution in [0.3, 0.4) is 0 Å². The predicted molar refractivity (Wildman–Crippen MR) is 76.7 cm³/mol. The summed E-state index contributed by atoms with van der Waals surface area (Å²) < 4.78 is 0. The van der Waals surface area contributed by atoms with Gasteiger partial charge in [0.1, 0.15) is 0 Å². The van der Waals surface area contributed by atoms with Crippen LogP contribution < -0.4 is 11.1 Å². The molecule has 0 heterocycles. The first kappa shape index (κ1) is 14.7. The Kier molecular flexibility index (Phi) is 4.49. The SMILES string of the molecule is Nc1cc(C(=O)NC2CCCC(C(=O)O)C2)ccc1Cl. The van der Waals surface area contributed by atoms with Crippen molar-refractivity contribution in [1.29, 1.82) is 0 Å². The lowest BCUT2D eigenvalue weighted by Gasteiger charge is -2.27. The molecule has 4 N–H and O–H groups in total. The first-order chi connectivity index (χ1) is 9.47. The van der Waals surface area contributed by atoms with Crippen molar-refractivity contribution in [1.82, 2.24) is 5.32 Å². The minimum Gasteiger partial charge on any atom is -0.481 e. The standard InChI is InChI=1S/C14H17ClN2O3/c15-11-5-4-8(7-12(11)16)13(18)17-10-3-1-2-9(6-10)14(19)20/h4-5,7,9-10H,1-3,6,16H2,(H,17,18)(H,19,20). The Morgan fingerprint density at radius 1 is 1.35 bits per heavy atom. The normalized spacial score (nSPS) is 22.2. The van der Waals surface area contributed by atoms with E-state index in [9.17, 15) is 9.59 Å². The topological polar surface area (TPSA) is 92.4 Å². The van der Waals surface area contributed by atoms with Gasteiger partial charge in [0.2, 0.25) is 0 Å². The summed E-state index contributed by atoms with van der Waals surface area (Å²) in [6.45, 7) is 0. The third kappa shape index (κ3) is 3.42. The van der Waals surface area contributed by atoms with Crippen molar-refractivity contribution in [2.45, 2.75) is 31.7 Å². The van der Waals surface area contributed by atoms with Gasteiger partial charge in [0.05, 0.1) is 16.6 Å². The second-order valence-electron chi connectivity index (χ2n) is 5.11. The molecule has 1 aliphatic carbocycles. The van der Waals surface area contributed by atoms with Crippen molar-refractivity contribution in [3.05, 3.63) is 28.8 Å². The number of rotatable bonds is 3. The first-order valence-electron chi connectivity index (χ1n) is 6.56. The smallest absolute Gasteiger partial charge is 0.306 e. The lowest BCUT2D eigenvalue weighted by Crippen LogP contribution is -2.39. The zero-order valence-corrected chi connectivity index (χ0v) is 11.7. The molecule has 2 unspecified atom stereocenters. The Labute approximate surface area is 122 Å². The van der Waals surface area contributed by atoms with Crippen LogP contribution >= 0.6 is 11.6 Å². The fourth-order valence-corrected chi connectivity index (χ4v) is 2.62. The van der Waals surface area contributed by atoms with E-state index in [2.05, 4.69) is 5.32 Å². The minimum atomic E-state index is -0.792. The first-order valence-corrected chi connectivity index (χ1v) is 6.94. The maximum Gasteiger partial charge on any atom is 0.306 e. The summed E-state index contributed by atoms with van der Waals surface area (Å²) >= 11 is 5.81. The third-order valence-electron chi connectivity index (χ3n) is 3.62. The maximum atomic E-state index is 12.1. The summed E-state index contributed by atoms with van der Waals surface area (Å²) in [6.07, 6.45) is 2.77. The van der Waals surface area contributed by atoms with Gasteiger partial charge in [-0.15, -0.1) is 0 Å². The molecule has 1 aromatic carbocycles. The Morgan fingerprint density at radius 3 is 2.75 bits per heavy atom. The van der Waals surface area contributed by atoms with E-state index in [1.807, 2.05) is 0 Å². The molecule has 1 fully saturated rings. The van der Waals surface area contributed by atoms with Crippen LogP contribution in [0, 0.1) is 5.92 Å². The number of halogens is 1. The summed E-state index contributed by atoms with van der Waals surface area (Å²) in [5, 5.41) is 12.3. The van der Waals surface area contributed by atoms with Crippen molar-refractivity contribution in [2.75, 3.05) is 5.73 Å². The van der Waals surface area contributed by atoms with E-state index in [0.29, 0.717) is 29.1 Å². The van der Waals surface area contributed by atoms with Crippen LogP contribution in [0.4, 0.5) is 5.69 Å². The van der Waals surface area contributed by atoms with Gasteiger partial charge in [-0.3, -0.25) is 9.59 Å². The molecule has 5 nitrogen and oxygen atoms in total. The Bertz CT molecular complexity index is 533. The molecule has 6 heteroatoms. The van der Waals surface area contributed by atoms with Gasteiger partial charge in [0.25, 0.3) is 5.91 Å². The van der Waals surface area contributed by atoms with Crippen LogP contribution in [0.15, 0.2) is 18.2 Å². The molecule has 1 aromatic rings. The van der Waals surface area contributed by atoms with Gasteiger partial charge in [0, 0.05) is 11.6 Å². The molecule has 1 aliphatic rings. The number of carbonyl (C=O) groups excluding carboxylic acids is 1. The summed E-state index contributed by atoms with van der Waals surface area (Å²) in [7, 11) is 0. The van der Waals surface area contributed by atoms with Gasteiger partial charge in [-0.05, 0) is 37.5 Å². The van der Waals surface area contributed by atoms with Gasteiger partial charge in [-0.25, -0.2) is 0 Å². The fraction of sp³-hybridized carbons (Fsp3) is 0.429. The number of nitrogens with two attached hydrogens (primary N) is 1. The number of nitrogens with one attached hydrogen (secondary N) is 1. The predicted octanol–water partition coefficient (Wildman–Crippen LogP) is 2.30. The molecule has 20 heavy (non-hydrogen) atoms. The molecule has 108 valence electrons. The lowest BCUT2D eigenvalue weighted by molar-refractivity contribution is -0.143. The third-order valence-corrected chi connectivity index (χ3v) is 3.96. The highest BCUT2D eigenvalue weighted by molar-refractivity contribution is 6.33. The van der Waals surface area contributed by atoms with Crippen LogP contribution in [0.5, 0.6) is 0 Å². The summed E-state index contributed by atoms with van der Waals surface area (Å²) in [5.41, 5.74) is 6.45. The number of anilines is 1. The molecule has 0 saturated heterocycles. The van der Waals surface area contributed by atoms with Crippen molar-refractivity contribution in [2.24, 2.45) is 5.92 Å². The Balaban J connectivity index is 2.00. The number of aliphatic carboxylic acids is 1. The van der Waals surface area contributed by atoms with E-state index < -0.39 is 5.97 Å². The number of carboxylic acids is 1. The summed E-state index contributed by atoms with van der Waals surface area (Å²) in [6, 6.07) is 4.60. The van der Waals surface area contributed by atoms with Crippen LogP contribution in [0.25, 0.3) is 0 Å². The van der Waals surface area contributed by atoms with Gasteiger partial charge in [-0.2, -0.15) is 0 Å². The molecule has 2 rings (SSSR count). The number of amides is 1. The number of hydrogen-bond acceptors (Lipinski definition) is 3. The van der Waals surface area contributed by atoms with Crippen molar-refractivity contribution in [3.63, 3.8) is 0 Å². The van der Waals surface area contributed by atoms with Crippen LogP contribution in [-0.2, 0) is 4.79 Å². The second-order valence-corrected chi connectivity index (χ2v) is 5.52. The molecular weight excluding hydrogens is 280 g/mol. The van der Waals surface area contributed by atoms with E-state index in [4.69, 9.17) is 22.4 Å². The zero-order valence-electron chi connectivity index (χ0n) is 10.9. The summed E-state index contributed by atoms with van der Waals surface area (Å²) in [5.74, 6) is -1.41. The van der Waals surface area contributed by atoms with E-state index in [1.54, 1.807) is 12.1 Å². The fourth-order valence-electron chi connectivity index (χ4n) is 2.50. The molecule has 1 amide bonds. The number of benzene rings is 1. The molecule has 0 radical (unpaired) electrons. The number of nitrogen functional groups attached to an aromatic ring is 1. The van der Waals surface area contributed by atoms with E-state index in [0.717, 1.165) is 12.8 Å². The van der Waals surface area contributed by atoms with E-state index >= 15 is 0 Å². The molecule has 0 aromatic heterocycles. The van der Waals surface area contributed by atoms with Crippen LogP contribution in [0.2, 0.25) is 5.02 Å². The maximum absolute atomic E-state index is 12.1. The Morgan fingerprint density at radius 2 is 2.10 bits per heavy atom. The van der Waals surface area contributed by atoms with Crippen molar-refractivity contribution in [3.8, 4) is 0 Å². The van der Waals surface area contributed by atoms with Gasteiger partial charge < -0.3 is 16.2 Å². The highest BCUT2D eigenvalue weighted by Gasteiger charge is 2.28. The van der Waals surface area contributed by atoms with Crippen molar-refractivity contribution < 1.29 is 14.7 Å². The monoisotopic (exact) mass is 296 g/mol. The molecule has 0 spiro atoms. The molecule has 1 saturated carbocycles. The van der Waals surface area contributed by atoms with Gasteiger partial charge >= 0.3 is 5.97 Å². The number of carbonyl (C=O) groups is 2. The number of carboxylic acid groups (broad SMARTS) is 1. The molecule has 0 bridgehead atoms. The largest absolute Gasteiger partial charge is 0.481 e. The molecular formula is C14H17ClN2O3. The highest BCUT2D eigenvalue weighted by Crippen LogP contribution is 2.25. The average molecular weight is 297 g/mol. The number of hydrogen-bond donors (Lipinski definition) is 3. The van der Waals surface area contributed by atoms with Crippen LogP contribution in [0.1, 0.15) is 36.0 Å².